The molecule has 0 aliphatic rings. The molecule has 0 aromatic heterocycles. The first-order valence-corrected chi connectivity index (χ1v) is 5.19. The third-order valence-electron chi connectivity index (χ3n) is 2.25. The van der Waals surface area contributed by atoms with Crippen LogP contribution in [0.5, 0.6) is 5.75 Å². The highest BCUT2D eigenvalue weighted by molar-refractivity contribution is 6.30. The van der Waals surface area contributed by atoms with Crippen LogP contribution in [0.4, 0.5) is 5.69 Å². The van der Waals surface area contributed by atoms with E-state index in [9.17, 15) is 0 Å². The number of rotatable bonds is 4. The van der Waals surface area contributed by atoms with Gasteiger partial charge in [-0.3, -0.25) is 0 Å². The Morgan fingerprint density at radius 2 is 1.93 bits per heavy atom. The SMILES string of the molecule is CCN(CC)c1cc(Cl)ccc1OC. The molecule has 1 aromatic rings. The molecule has 0 saturated carbocycles. The summed E-state index contributed by atoms with van der Waals surface area (Å²) < 4.78 is 5.28. The molecule has 0 heterocycles. The zero-order chi connectivity index (χ0) is 10.6. The van der Waals surface area contributed by atoms with Crippen LogP contribution in [0.2, 0.25) is 5.02 Å². The summed E-state index contributed by atoms with van der Waals surface area (Å²) in [5, 5.41) is 0.743. The predicted molar refractivity (Wildman–Crippen MR) is 61.6 cm³/mol. The number of halogens is 1. The van der Waals surface area contributed by atoms with Gasteiger partial charge in [0, 0.05) is 18.1 Å². The molecule has 14 heavy (non-hydrogen) atoms. The maximum Gasteiger partial charge on any atom is 0.142 e. The van der Waals surface area contributed by atoms with Crippen molar-refractivity contribution in [2.45, 2.75) is 13.8 Å². The van der Waals surface area contributed by atoms with Crippen molar-refractivity contribution in [3.8, 4) is 5.75 Å². The molecule has 0 fully saturated rings. The van der Waals surface area contributed by atoms with Gasteiger partial charge in [0.2, 0.25) is 0 Å². The van der Waals surface area contributed by atoms with E-state index in [-0.39, 0.29) is 0 Å². The summed E-state index contributed by atoms with van der Waals surface area (Å²) in [4.78, 5) is 2.21. The molecule has 0 atom stereocenters. The Labute approximate surface area is 90.4 Å². The lowest BCUT2D eigenvalue weighted by atomic mass is 10.2. The molecule has 0 radical (unpaired) electrons. The van der Waals surface area contributed by atoms with E-state index in [2.05, 4.69) is 18.7 Å². The summed E-state index contributed by atoms with van der Waals surface area (Å²) in [6.45, 7) is 6.13. The fourth-order valence-corrected chi connectivity index (χ4v) is 1.64. The molecule has 0 aliphatic heterocycles. The summed E-state index contributed by atoms with van der Waals surface area (Å²) in [5.41, 5.74) is 1.06. The van der Waals surface area contributed by atoms with E-state index < -0.39 is 0 Å². The van der Waals surface area contributed by atoms with Crippen molar-refractivity contribution in [1.82, 2.24) is 0 Å². The molecular formula is C11H16ClNO. The average Bonchev–Trinajstić information content (AvgIpc) is 2.20. The number of methoxy groups -OCH3 is 1. The van der Waals surface area contributed by atoms with E-state index in [4.69, 9.17) is 16.3 Å². The number of nitrogens with zero attached hydrogens (tertiary/aromatic N) is 1. The third-order valence-corrected chi connectivity index (χ3v) is 2.48. The van der Waals surface area contributed by atoms with Crippen LogP contribution >= 0.6 is 11.6 Å². The van der Waals surface area contributed by atoms with Crippen LogP contribution < -0.4 is 9.64 Å². The summed E-state index contributed by atoms with van der Waals surface area (Å²) in [7, 11) is 1.68. The first-order valence-electron chi connectivity index (χ1n) is 4.81. The molecule has 1 rings (SSSR count). The van der Waals surface area contributed by atoms with Crippen molar-refractivity contribution in [3.63, 3.8) is 0 Å². The lowest BCUT2D eigenvalue weighted by Crippen LogP contribution is -2.22. The molecule has 0 saturated heterocycles. The van der Waals surface area contributed by atoms with E-state index in [1.165, 1.54) is 0 Å². The molecule has 0 unspecified atom stereocenters. The Morgan fingerprint density at radius 1 is 1.29 bits per heavy atom. The summed E-state index contributed by atoms with van der Waals surface area (Å²) in [6.07, 6.45) is 0. The lowest BCUT2D eigenvalue weighted by Gasteiger charge is -2.23. The third kappa shape index (κ3) is 2.32. The van der Waals surface area contributed by atoms with E-state index in [1.54, 1.807) is 7.11 Å². The molecule has 0 amide bonds. The standard InChI is InChI=1S/C11H16ClNO/c1-4-13(5-2)10-8-9(12)6-7-11(10)14-3/h6-8H,4-5H2,1-3H3. The van der Waals surface area contributed by atoms with Crippen molar-refractivity contribution in [3.05, 3.63) is 23.2 Å². The van der Waals surface area contributed by atoms with Gasteiger partial charge < -0.3 is 9.64 Å². The van der Waals surface area contributed by atoms with Crippen molar-refractivity contribution in [2.75, 3.05) is 25.1 Å². The molecular weight excluding hydrogens is 198 g/mol. The largest absolute Gasteiger partial charge is 0.495 e. The van der Waals surface area contributed by atoms with Gasteiger partial charge in [0.25, 0.3) is 0 Å². The minimum atomic E-state index is 0.743. The Kier molecular flexibility index (Phi) is 4.08. The Bertz CT molecular complexity index is 297. The van der Waals surface area contributed by atoms with E-state index in [0.717, 1.165) is 29.5 Å². The molecule has 78 valence electrons. The van der Waals surface area contributed by atoms with Crippen LogP contribution in [-0.2, 0) is 0 Å². The van der Waals surface area contributed by atoms with Crippen LogP contribution in [-0.4, -0.2) is 20.2 Å². The second-order valence-corrected chi connectivity index (χ2v) is 3.42. The van der Waals surface area contributed by atoms with E-state index >= 15 is 0 Å². The fourth-order valence-electron chi connectivity index (χ4n) is 1.47. The second kappa shape index (κ2) is 5.11. The topological polar surface area (TPSA) is 12.5 Å². The molecule has 0 N–H and O–H groups in total. The quantitative estimate of drug-likeness (QED) is 0.762. The van der Waals surface area contributed by atoms with Gasteiger partial charge in [-0.05, 0) is 32.0 Å². The van der Waals surface area contributed by atoms with Gasteiger partial charge in [0.05, 0.1) is 12.8 Å². The smallest absolute Gasteiger partial charge is 0.142 e. The normalized spacial score (nSPS) is 10.0. The van der Waals surface area contributed by atoms with Crippen molar-refractivity contribution in [2.24, 2.45) is 0 Å². The van der Waals surface area contributed by atoms with Gasteiger partial charge >= 0.3 is 0 Å². The summed E-state index contributed by atoms with van der Waals surface area (Å²) >= 11 is 5.95. The zero-order valence-electron chi connectivity index (χ0n) is 8.88. The van der Waals surface area contributed by atoms with Crippen LogP contribution in [0.1, 0.15) is 13.8 Å². The Balaban J connectivity index is 3.08. The minimum Gasteiger partial charge on any atom is -0.495 e. The number of hydrogen-bond acceptors (Lipinski definition) is 2. The van der Waals surface area contributed by atoms with Crippen molar-refractivity contribution >= 4 is 17.3 Å². The highest BCUT2D eigenvalue weighted by atomic mass is 35.5. The average molecular weight is 214 g/mol. The fraction of sp³-hybridized carbons (Fsp3) is 0.455. The maximum absolute atomic E-state index is 5.95. The second-order valence-electron chi connectivity index (χ2n) is 2.99. The molecule has 3 heteroatoms. The highest BCUT2D eigenvalue weighted by Crippen LogP contribution is 2.30. The van der Waals surface area contributed by atoms with Gasteiger partial charge in [-0.25, -0.2) is 0 Å². The molecule has 1 aromatic carbocycles. The molecule has 0 spiro atoms. The molecule has 0 bridgehead atoms. The van der Waals surface area contributed by atoms with Crippen molar-refractivity contribution in [1.29, 1.82) is 0 Å². The van der Waals surface area contributed by atoms with Gasteiger partial charge in [0.1, 0.15) is 5.75 Å². The van der Waals surface area contributed by atoms with Gasteiger partial charge in [-0.2, -0.15) is 0 Å². The number of benzene rings is 1. The molecule has 2 nitrogen and oxygen atoms in total. The van der Waals surface area contributed by atoms with E-state index in [1.807, 2.05) is 18.2 Å². The number of anilines is 1. The van der Waals surface area contributed by atoms with Crippen molar-refractivity contribution < 1.29 is 4.74 Å². The van der Waals surface area contributed by atoms with Crippen LogP contribution in [0.3, 0.4) is 0 Å². The van der Waals surface area contributed by atoms with Gasteiger partial charge in [-0.1, -0.05) is 11.6 Å². The highest BCUT2D eigenvalue weighted by Gasteiger charge is 2.08. The zero-order valence-corrected chi connectivity index (χ0v) is 9.64. The summed E-state index contributed by atoms with van der Waals surface area (Å²) in [6, 6.07) is 5.68. The van der Waals surface area contributed by atoms with Crippen LogP contribution in [0, 0.1) is 0 Å². The predicted octanol–water partition coefficient (Wildman–Crippen LogP) is 3.19. The number of ether oxygens (including phenoxy) is 1. The van der Waals surface area contributed by atoms with Gasteiger partial charge in [0.15, 0.2) is 0 Å². The first kappa shape index (κ1) is 11.2. The first-order chi connectivity index (χ1) is 6.72. The Hall–Kier alpha value is -0.890. The van der Waals surface area contributed by atoms with Gasteiger partial charge in [-0.15, -0.1) is 0 Å². The monoisotopic (exact) mass is 213 g/mol. The Morgan fingerprint density at radius 3 is 2.43 bits per heavy atom. The van der Waals surface area contributed by atoms with Crippen LogP contribution in [0.15, 0.2) is 18.2 Å². The summed E-state index contributed by atoms with van der Waals surface area (Å²) in [5.74, 6) is 0.873. The minimum absolute atomic E-state index is 0.743. The van der Waals surface area contributed by atoms with Crippen LogP contribution in [0.25, 0.3) is 0 Å². The maximum atomic E-state index is 5.95. The number of hydrogen-bond donors (Lipinski definition) is 0. The van der Waals surface area contributed by atoms with E-state index in [0.29, 0.717) is 0 Å². The lowest BCUT2D eigenvalue weighted by molar-refractivity contribution is 0.414. The molecule has 0 aliphatic carbocycles.